The maximum absolute atomic E-state index is 12.8. The zero-order valence-corrected chi connectivity index (χ0v) is 14.8. The van der Waals surface area contributed by atoms with Crippen LogP contribution in [0.25, 0.3) is 0 Å². The lowest BCUT2D eigenvalue weighted by Crippen LogP contribution is -2.56. The molecule has 0 fully saturated rings. The van der Waals surface area contributed by atoms with Crippen LogP contribution in [0.15, 0.2) is 18.2 Å². The first-order valence-corrected chi connectivity index (χ1v) is 7.89. The Morgan fingerprint density at radius 2 is 2.04 bits per heavy atom. The van der Waals surface area contributed by atoms with Crippen molar-refractivity contribution >= 4 is 29.1 Å². The van der Waals surface area contributed by atoms with Gasteiger partial charge in [0.25, 0.3) is 23.3 Å². The monoisotopic (exact) mass is 357 g/mol. The minimum atomic E-state index is -1.82. The van der Waals surface area contributed by atoms with Crippen LogP contribution in [0.5, 0.6) is 5.75 Å². The van der Waals surface area contributed by atoms with Crippen LogP contribution in [0, 0.1) is 13.8 Å². The summed E-state index contributed by atoms with van der Waals surface area (Å²) >= 11 is 0. The second-order valence-corrected chi connectivity index (χ2v) is 6.34. The van der Waals surface area contributed by atoms with Gasteiger partial charge in [0.1, 0.15) is 5.75 Å². The van der Waals surface area contributed by atoms with Gasteiger partial charge in [0.2, 0.25) is 0 Å². The molecule has 0 saturated carbocycles. The number of nitrogens with one attached hydrogen (secondary N) is 2. The molecular formula is C17H19N5O4. The van der Waals surface area contributed by atoms with E-state index in [9.17, 15) is 14.4 Å². The summed E-state index contributed by atoms with van der Waals surface area (Å²) in [6, 6.07) is 5.24. The van der Waals surface area contributed by atoms with Crippen LogP contribution in [0.4, 0.5) is 11.4 Å². The third-order valence-corrected chi connectivity index (χ3v) is 4.37. The van der Waals surface area contributed by atoms with Crippen molar-refractivity contribution in [3.8, 4) is 5.75 Å². The molecule has 1 aromatic heterocycles. The maximum atomic E-state index is 12.8. The van der Waals surface area contributed by atoms with E-state index in [1.54, 1.807) is 26.1 Å². The van der Waals surface area contributed by atoms with Gasteiger partial charge in [0.05, 0.1) is 17.1 Å². The summed E-state index contributed by atoms with van der Waals surface area (Å²) in [6.45, 7) is 4.90. The number of carbonyl (C=O) groups excluding carboxylic acids is 3. The van der Waals surface area contributed by atoms with Crippen molar-refractivity contribution < 1.29 is 19.1 Å². The van der Waals surface area contributed by atoms with Crippen LogP contribution in [0.3, 0.4) is 0 Å². The van der Waals surface area contributed by atoms with E-state index >= 15 is 0 Å². The molecule has 0 saturated heterocycles. The Morgan fingerprint density at radius 1 is 1.35 bits per heavy atom. The highest BCUT2D eigenvalue weighted by Crippen LogP contribution is 2.35. The smallest absolute Gasteiger partial charge is 0.278 e. The standard InChI is InChI=1S/C17H19N5O4/c1-8-5-6-11-10(7-8)19-15(24)17(3,26-11)16(25)20-12-9(2)22(4)21-13(12)14(18)23/h5-7H,1-4H3,(H2,18,23)(H,19,24)(H,20,25). The van der Waals surface area contributed by atoms with E-state index in [0.29, 0.717) is 17.1 Å². The number of aromatic nitrogens is 2. The lowest BCUT2D eigenvalue weighted by atomic mass is 10.0. The minimum Gasteiger partial charge on any atom is -0.466 e. The average Bonchev–Trinajstić information content (AvgIpc) is 2.85. The van der Waals surface area contributed by atoms with E-state index in [2.05, 4.69) is 15.7 Å². The Labute approximate surface area is 149 Å². The van der Waals surface area contributed by atoms with E-state index in [0.717, 1.165) is 5.56 Å². The van der Waals surface area contributed by atoms with Crippen molar-refractivity contribution in [1.29, 1.82) is 0 Å². The summed E-state index contributed by atoms with van der Waals surface area (Å²) in [6.07, 6.45) is 0. The van der Waals surface area contributed by atoms with Crippen LogP contribution in [-0.2, 0) is 16.6 Å². The topological polar surface area (TPSA) is 128 Å². The maximum Gasteiger partial charge on any atom is 0.278 e. The summed E-state index contributed by atoms with van der Waals surface area (Å²) in [5.74, 6) is -1.76. The predicted molar refractivity (Wildman–Crippen MR) is 93.9 cm³/mol. The van der Waals surface area contributed by atoms with Crippen LogP contribution in [0.2, 0.25) is 0 Å². The summed E-state index contributed by atoms with van der Waals surface area (Å²) < 4.78 is 7.11. The van der Waals surface area contributed by atoms with Crippen molar-refractivity contribution in [3.63, 3.8) is 0 Å². The number of primary amides is 1. The molecule has 2 aromatic rings. The first-order chi connectivity index (χ1) is 12.1. The molecule has 0 bridgehead atoms. The fraction of sp³-hybridized carbons (Fsp3) is 0.294. The highest BCUT2D eigenvalue weighted by Gasteiger charge is 2.47. The van der Waals surface area contributed by atoms with Crippen LogP contribution in [0.1, 0.15) is 28.7 Å². The van der Waals surface area contributed by atoms with E-state index in [1.807, 2.05) is 13.0 Å². The third kappa shape index (κ3) is 2.67. The largest absolute Gasteiger partial charge is 0.466 e. The second kappa shape index (κ2) is 5.87. The van der Waals surface area contributed by atoms with Crippen molar-refractivity contribution in [2.24, 2.45) is 12.8 Å². The summed E-state index contributed by atoms with van der Waals surface area (Å²) in [5, 5.41) is 9.21. The van der Waals surface area contributed by atoms with Crippen molar-refractivity contribution in [2.75, 3.05) is 10.6 Å². The van der Waals surface area contributed by atoms with Gasteiger partial charge in [0, 0.05) is 7.05 Å². The lowest BCUT2D eigenvalue weighted by molar-refractivity contribution is -0.143. The molecule has 136 valence electrons. The van der Waals surface area contributed by atoms with Crippen molar-refractivity contribution in [3.05, 3.63) is 35.2 Å². The van der Waals surface area contributed by atoms with Crippen LogP contribution < -0.4 is 21.1 Å². The molecule has 4 N–H and O–H groups in total. The molecule has 0 radical (unpaired) electrons. The molecule has 0 spiro atoms. The van der Waals surface area contributed by atoms with Gasteiger partial charge >= 0.3 is 0 Å². The van der Waals surface area contributed by atoms with Gasteiger partial charge in [-0.2, -0.15) is 5.10 Å². The molecule has 9 nitrogen and oxygen atoms in total. The molecule has 1 aromatic carbocycles. The van der Waals surface area contributed by atoms with Gasteiger partial charge in [-0.15, -0.1) is 0 Å². The summed E-state index contributed by atoms with van der Waals surface area (Å²) in [4.78, 5) is 36.9. The van der Waals surface area contributed by atoms with Crippen LogP contribution >= 0.6 is 0 Å². The molecule has 26 heavy (non-hydrogen) atoms. The van der Waals surface area contributed by atoms with E-state index in [1.165, 1.54) is 11.6 Å². The van der Waals surface area contributed by atoms with Crippen molar-refractivity contribution in [1.82, 2.24) is 9.78 Å². The quantitative estimate of drug-likeness (QED) is 0.702. The second-order valence-electron chi connectivity index (χ2n) is 6.34. The number of nitrogens with two attached hydrogens (primary N) is 1. The van der Waals surface area contributed by atoms with Gasteiger partial charge in [0.15, 0.2) is 5.69 Å². The molecular weight excluding hydrogens is 338 g/mol. The molecule has 1 atom stereocenters. The number of carbonyl (C=O) groups is 3. The number of hydrogen-bond donors (Lipinski definition) is 3. The molecule has 3 rings (SSSR count). The Bertz CT molecular complexity index is 949. The number of amides is 3. The van der Waals surface area contributed by atoms with Gasteiger partial charge in [-0.3, -0.25) is 19.1 Å². The first kappa shape index (κ1) is 17.5. The lowest BCUT2D eigenvalue weighted by Gasteiger charge is -2.33. The highest BCUT2D eigenvalue weighted by molar-refractivity contribution is 6.19. The number of rotatable bonds is 3. The fourth-order valence-corrected chi connectivity index (χ4v) is 2.65. The number of aryl methyl sites for hydroxylation is 2. The summed E-state index contributed by atoms with van der Waals surface area (Å²) in [5.41, 5.74) is 5.51. The normalized spacial score (nSPS) is 18.5. The number of nitrogens with zero attached hydrogens (tertiary/aromatic N) is 2. The molecule has 1 aliphatic heterocycles. The Morgan fingerprint density at radius 3 is 2.69 bits per heavy atom. The SMILES string of the molecule is Cc1ccc2c(c1)NC(=O)C(C)(C(=O)Nc1c(C(N)=O)nn(C)c1C)O2. The Balaban J connectivity index is 1.94. The average molecular weight is 357 g/mol. The predicted octanol–water partition coefficient (Wildman–Crippen LogP) is 0.864. The van der Waals surface area contributed by atoms with E-state index < -0.39 is 23.3 Å². The van der Waals surface area contributed by atoms with Gasteiger partial charge in [-0.25, -0.2) is 0 Å². The zero-order valence-electron chi connectivity index (χ0n) is 14.8. The molecule has 1 unspecified atom stereocenters. The minimum absolute atomic E-state index is 0.0887. The summed E-state index contributed by atoms with van der Waals surface area (Å²) in [7, 11) is 1.61. The van der Waals surface area contributed by atoms with E-state index in [-0.39, 0.29) is 11.4 Å². The first-order valence-electron chi connectivity index (χ1n) is 7.89. The molecule has 3 amide bonds. The molecule has 2 heterocycles. The Hall–Kier alpha value is -3.36. The van der Waals surface area contributed by atoms with Gasteiger partial charge < -0.3 is 21.1 Å². The molecule has 9 heteroatoms. The number of benzene rings is 1. The fourth-order valence-electron chi connectivity index (χ4n) is 2.65. The Kier molecular flexibility index (Phi) is 3.94. The third-order valence-electron chi connectivity index (χ3n) is 4.37. The highest BCUT2D eigenvalue weighted by atomic mass is 16.5. The number of fused-ring (bicyclic) bond motifs is 1. The van der Waals surface area contributed by atoms with Crippen molar-refractivity contribution in [2.45, 2.75) is 26.4 Å². The van der Waals surface area contributed by atoms with Gasteiger partial charge in [-0.05, 0) is 38.5 Å². The molecule has 1 aliphatic rings. The van der Waals surface area contributed by atoms with Gasteiger partial charge in [-0.1, -0.05) is 6.07 Å². The zero-order chi connectivity index (χ0) is 19.2. The van der Waals surface area contributed by atoms with Crippen LogP contribution in [-0.4, -0.2) is 33.1 Å². The number of anilines is 2. The van der Waals surface area contributed by atoms with E-state index in [4.69, 9.17) is 10.5 Å². The number of ether oxygens (including phenoxy) is 1. The molecule has 0 aliphatic carbocycles. The number of hydrogen-bond acceptors (Lipinski definition) is 5.